The Morgan fingerprint density at radius 1 is 1.43 bits per heavy atom. The van der Waals surface area contributed by atoms with Crippen LogP contribution in [0.25, 0.3) is 5.65 Å². The molecule has 0 aromatic carbocycles. The van der Waals surface area contributed by atoms with E-state index in [1.54, 1.807) is 0 Å². The van der Waals surface area contributed by atoms with Gasteiger partial charge in [0, 0.05) is 22.8 Å². The van der Waals surface area contributed by atoms with Crippen molar-refractivity contribution in [3.8, 4) is 0 Å². The number of rotatable bonds is 1. The number of fused-ring (bicyclic) bond motifs is 1. The molecule has 3 heteroatoms. The minimum Gasteiger partial charge on any atom is -0.307 e. The fourth-order valence-corrected chi connectivity index (χ4v) is 2.20. The average Bonchev–Trinajstić information content (AvgIpc) is 2.43. The first-order valence-corrected chi connectivity index (χ1v) is 5.76. The van der Waals surface area contributed by atoms with E-state index in [1.807, 2.05) is 6.07 Å². The largest absolute Gasteiger partial charge is 0.307 e. The number of aromatic nitrogens is 2. The topological polar surface area (TPSA) is 17.3 Å². The first-order chi connectivity index (χ1) is 6.83. The van der Waals surface area contributed by atoms with E-state index in [9.17, 15) is 0 Å². The minimum absolute atomic E-state index is 0.716. The van der Waals surface area contributed by atoms with E-state index in [4.69, 9.17) is 0 Å². The van der Waals surface area contributed by atoms with Gasteiger partial charge >= 0.3 is 0 Å². The zero-order chi connectivity index (χ0) is 9.54. The van der Waals surface area contributed by atoms with Crippen LogP contribution in [0, 0.1) is 0 Å². The number of halogens is 1. The van der Waals surface area contributed by atoms with Crippen molar-refractivity contribution < 1.29 is 0 Å². The average molecular weight is 251 g/mol. The Labute approximate surface area is 91.1 Å². The van der Waals surface area contributed by atoms with Crippen molar-refractivity contribution in [2.24, 2.45) is 0 Å². The van der Waals surface area contributed by atoms with E-state index in [1.165, 1.54) is 25.0 Å². The van der Waals surface area contributed by atoms with Crippen molar-refractivity contribution in [2.45, 2.75) is 25.2 Å². The summed E-state index contributed by atoms with van der Waals surface area (Å²) in [5.74, 6) is 0.716. The minimum atomic E-state index is 0.716. The fourth-order valence-electron chi connectivity index (χ4n) is 1.88. The summed E-state index contributed by atoms with van der Waals surface area (Å²) in [7, 11) is 0. The van der Waals surface area contributed by atoms with E-state index < -0.39 is 0 Å². The second-order valence-corrected chi connectivity index (χ2v) is 4.82. The summed E-state index contributed by atoms with van der Waals surface area (Å²) in [5.41, 5.74) is 2.30. The standard InChI is InChI=1S/C11H11BrN2/c12-9-4-5-14-7-10(8-2-1-3-8)13-11(14)6-9/h4-8H,1-3H2. The smallest absolute Gasteiger partial charge is 0.138 e. The third kappa shape index (κ3) is 1.27. The van der Waals surface area contributed by atoms with E-state index in [-0.39, 0.29) is 0 Å². The number of hydrogen-bond donors (Lipinski definition) is 0. The van der Waals surface area contributed by atoms with Gasteiger partial charge < -0.3 is 4.40 Å². The van der Waals surface area contributed by atoms with Gasteiger partial charge in [0.05, 0.1) is 5.69 Å². The van der Waals surface area contributed by atoms with Gasteiger partial charge in [0.2, 0.25) is 0 Å². The molecule has 0 unspecified atom stereocenters. The fraction of sp³-hybridized carbons (Fsp3) is 0.364. The maximum atomic E-state index is 4.63. The molecule has 0 aliphatic heterocycles. The highest BCUT2D eigenvalue weighted by atomic mass is 79.9. The lowest BCUT2D eigenvalue weighted by atomic mass is 9.83. The zero-order valence-corrected chi connectivity index (χ0v) is 9.37. The molecule has 3 rings (SSSR count). The summed E-state index contributed by atoms with van der Waals surface area (Å²) in [6.45, 7) is 0. The van der Waals surface area contributed by atoms with Crippen LogP contribution in [0.15, 0.2) is 29.0 Å². The molecule has 2 heterocycles. The van der Waals surface area contributed by atoms with Crippen molar-refractivity contribution in [1.29, 1.82) is 0 Å². The van der Waals surface area contributed by atoms with E-state index in [0.29, 0.717) is 5.92 Å². The summed E-state index contributed by atoms with van der Waals surface area (Å²) in [6, 6.07) is 4.10. The van der Waals surface area contributed by atoms with Crippen molar-refractivity contribution in [3.63, 3.8) is 0 Å². The van der Waals surface area contributed by atoms with Crippen LogP contribution in [0.2, 0.25) is 0 Å². The van der Waals surface area contributed by atoms with E-state index in [0.717, 1.165) is 10.1 Å². The molecule has 2 aromatic rings. The van der Waals surface area contributed by atoms with Gasteiger partial charge in [0.1, 0.15) is 5.65 Å². The summed E-state index contributed by atoms with van der Waals surface area (Å²) in [6.07, 6.45) is 8.19. The molecule has 0 atom stereocenters. The van der Waals surface area contributed by atoms with Crippen molar-refractivity contribution in [2.75, 3.05) is 0 Å². The van der Waals surface area contributed by atoms with Crippen LogP contribution in [-0.4, -0.2) is 9.38 Å². The highest BCUT2D eigenvalue weighted by Crippen LogP contribution is 2.35. The van der Waals surface area contributed by atoms with Gasteiger partial charge in [0.15, 0.2) is 0 Å². The van der Waals surface area contributed by atoms with Gasteiger partial charge in [-0.05, 0) is 25.0 Å². The van der Waals surface area contributed by atoms with Crippen molar-refractivity contribution >= 4 is 21.6 Å². The molecule has 1 aliphatic rings. The van der Waals surface area contributed by atoms with Crippen LogP contribution in [0.3, 0.4) is 0 Å². The molecular formula is C11H11BrN2. The molecule has 2 aromatic heterocycles. The molecule has 0 amide bonds. The van der Waals surface area contributed by atoms with Gasteiger partial charge in [-0.25, -0.2) is 4.98 Å². The van der Waals surface area contributed by atoms with E-state index >= 15 is 0 Å². The third-order valence-electron chi connectivity index (χ3n) is 2.96. The summed E-state index contributed by atoms with van der Waals surface area (Å²) >= 11 is 3.46. The normalized spacial score (nSPS) is 17.2. The van der Waals surface area contributed by atoms with Crippen LogP contribution in [0.1, 0.15) is 30.9 Å². The molecule has 0 saturated heterocycles. The quantitative estimate of drug-likeness (QED) is 0.759. The van der Waals surface area contributed by atoms with Crippen LogP contribution in [-0.2, 0) is 0 Å². The van der Waals surface area contributed by atoms with Gasteiger partial charge in [-0.3, -0.25) is 0 Å². The Bertz CT molecular complexity index is 471. The summed E-state index contributed by atoms with van der Waals surface area (Å²) in [4.78, 5) is 4.63. The predicted octanol–water partition coefficient (Wildman–Crippen LogP) is 3.36. The second-order valence-electron chi connectivity index (χ2n) is 3.90. The number of pyridine rings is 1. The van der Waals surface area contributed by atoms with Crippen molar-refractivity contribution in [3.05, 3.63) is 34.7 Å². The van der Waals surface area contributed by atoms with Gasteiger partial charge in [-0.1, -0.05) is 22.4 Å². The van der Waals surface area contributed by atoms with Crippen LogP contribution in [0.4, 0.5) is 0 Å². The second kappa shape index (κ2) is 3.09. The van der Waals surface area contributed by atoms with Crippen LogP contribution < -0.4 is 0 Å². The SMILES string of the molecule is Brc1ccn2cc(C3CCC3)nc2c1. The van der Waals surface area contributed by atoms with Crippen LogP contribution >= 0.6 is 15.9 Å². The first-order valence-electron chi connectivity index (χ1n) is 4.97. The lowest BCUT2D eigenvalue weighted by Crippen LogP contribution is -2.08. The molecule has 2 nitrogen and oxygen atoms in total. The Kier molecular flexibility index (Phi) is 1.87. The summed E-state index contributed by atoms with van der Waals surface area (Å²) in [5, 5.41) is 0. The Morgan fingerprint density at radius 2 is 2.29 bits per heavy atom. The molecule has 0 radical (unpaired) electrons. The molecule has 0 N–H and O–H groups in total. The van der Waals surface area contributed by atoms with E-state index in [2.05, 4.69) is 43.8 Å². The first kappa shape index (κ1) is 8.48. The Morgan fingerprint density at radius 3 is 3.00 bits per heavy atom. The van der Waals surface area contributed by atoms with Gasteiger partial charge in [-0.2, -0.15) is 0 Å². The Balaban J connectivity index is 2.10. The molecule has 1 fully saturated rings. The molecule has 1 aliphatic carbocycles. The molecule has 0 spiro atoms. The van der Waals surface area contributed by atoms with Crippen molar-refractivity contribution in [1.82, 2.24) is 9.38 Å². The number of imidazole rings is 1. The van der Waals surface area contributed by atoms with Crippen LogP contribution in [0.5, 0.6) is 0 Å². The maximum Gasteiger partial charge on any atom is 0.138 e. The molecule has 1 saturated carbocycles. The van der Waals surface area contributed by atoms with Gasteiger partial charge in [0.25, 0.3) is 0 Å². The molecule has 72 valence electrons. The van der Waals surface area contributed by atoms with Gasteiger partial charge in [-0.15, -0.1) is 0 Å². The molecule has 0 bridgehead atoms. The maximum absolute atomic E-state index is 4.63. The molecular weight excluding hydrogens is 240 g/mol. The highest BCUT2D eigenvalue weighted by molar-refractivity contribution is 9.10. The number of hydrogen-bond acceptors (Lipinski definition) is 1. The summed E-state index contributed by atoms with van der Waals surface area (Å²) < 4.78 is 3.19. The monoisotopic (exact) mass is 250 g/mol. The Hall–Kier alpha value is -0.830. The lowest BCUT2D eigenvalue weighted by molar-refractivity contribution is 0.412. The number of nitrogens with zero attached hydrogens (tertiary/aromatic N) is 2. The third-order valence-corrected chi connectivity index (χ3v) is 3.46. The zero-order valence-electron chi connectivity index (χ0n) is 7.78. The highest BCUT2D eigenvalue weighted by Gasteiger charge is 2.21. The lowest BCUT2D eigenvalue weighted by Gasteiger charge is -2.22. The predicted molar refractivity (Wildman–Crippen MR) is 59.5 cm³/mol. The molecule has 14 heavy (non-hydrogen) atoms.